The van der Waals surface area contributed by atoms with E-state index in [4.69, 9.17) is 5.73 Å². The summed E-state index contributed by atoms with van der Waals surface area (Å²) in [7, 11) is 0. The lowest BCUT2D eigenvalue weighted by Crippen LogP contribution is -2.15. The van der Waals surface area contributed by atoms with Crippen molar-refractivity contribution in [2.45, 2.75) is 26.7 Å². The molecule has 2 rings (SSSR count). The Morgan fingerprint density at radius 3 is 2.29 bits per heavy atom. The zero-order valence-corrected chi connectivity index (χ0v) is 12.2. The van der Waals surface area contributed by atoms with Crippen LogP contribution in [0.5, 0.6) is 0 Å². The van der Waals surface area contributed by atoms with Crippen molar-refractivity contribution in [3.63, 3.8) is 0 Å². The number of rotatable bonds is 4. The molecule has 0 aromatic heterocycles. The first-order chi connectivity index (χ1) is 10.0. The van der Waals surface area contributed by atoms with Crippen LogP contribution in [-0.2, 0) is 12.8 Å². The highest BCUT2D eigenvalue weighted by molar-refractivity contribution is 6.05. The van der Waals surface area contributed by atoms with Gasteiger partial charge in [0.15, 0.2) is 0 Å². The van der Waals surface area contributed by atoms with E-state index < -0.39 is 5.82 Å². The van der Waals surface area contributed by atoms with Gasteiger partial charge in [-0.25, -0.2) is 4.39 Å². The first-order valence-electron chi connectivity index (χ1n) is 7.03. The molecule has 4 heteroatoms. The standard InChI is InChI=1S/C17H19FN2O/c1-3-11-6-5-7-12(4-2)16(11)20-17(21)13-8-14(18)10-15(19)9-13/h5-10H,3-4,19H2,1-2H3,(H,20,21). The summed E-state index contributed by atoms with van der Waals surface area (Å²) in [4.78, 5) is 12.3. The topological polar surface area (TPSA) is 55.1 Å². The Balaban J connectivity index is 2.35. The highest BCUT2D eigenvalue weighted by Gasteiger charge is 2.13. The van der Waals surface area contributed by atoms with Crippen molar-refractivity contribution < 1.29 is 9.18 Å². The maximum atomic E-state index is 13.4. The minimum atomic E-state index is -0.514. The summed E-state index contributed by atoms with van der Waals surface area (Å²) in [6.45, 7) is 4.06. The van der Waals surface area contributed by atoms with Crippen molar-refractivity contribution >= 4 is 17.3 Å². The summed E-state index contributed by atoms with van der Waals surface area (Å²) < 4.78 is 13.4. The predicted molar refractivity (Wildman–Crippen MR) is 84.0 cm³/mol. The number of hydrogen-bond acceptors (Lipinski definition) is 2. The first kappa shape index (κ1) is 15.0. The van der Waals surface area contributed by atoms with Crippen LogP contribution in [-0.4, -0.2) is 5.91 Å². The van der Waals surface area contributed by atoms with Crippen molar-refractivity contribution in [1.82, 2.24) is 0 Å². The number of halogens is 1. The van der Waals surface area contributed by atoms with Crippen LogP contribution in [0, 0.1) is 5.82 Å². The van der Waals surface area contributed by atoms with E-state index in [-0.39, 0.29) is 17.2 Å². The van der Waals surface area contributed by atoms with Gasteiger partial charge in [0.1, 0.15) is 5.82 Å². The van der Waals surface area contributed by atoms with E-state index in [0.717, 1.165) is 29.7 Å². The number of benzene rings is 2. The van der Waals surface area contributed by atoms with Crippen molar-refractivity contribution in [3.05, 3.63) is 58.9 Å². The van der Waals surface area contributed by atoms with Crippen LogP contribution in [0.4, 0.5) is 15.8 Å². The van der Waals surface area contributed by atoms with Gasteiger partial charge < -0.3 is 11.1 Å². The van der Waals surface area contributed by atoms with Gasteiger partial charge in [0.2, 0.25) is 0 Å². The van der Waals surface area contributed by atoms with Crippen molar-refractivity contribution in [2.24, 2.45) is 0 Å². The van der Waals surface area contributed by atoms with E-state index in [1.807, 2.05) is 32.0 Å². The second-order valence-electron chi connectivity index (χ2n) is 4.89. The zero-order valence-electron chi connectivity index (χ0n) is 12.2. The monoisotopic (exact) mass is 286 g/mol. The van der Waals surface area contributed by atoms with Gasteiger partial charge in [-0.1, -0.05) is 32.0 Å². The largest absolute Gasteiger partial charge is 0.399 e. The van der Waals surface area contributed by atoms with Crippen LogP contribution in [0.15, 0.2) is 36.4 Å². The number of hydrogen-bond donors (Lipinski definition) is 2. The average Bonchev–Trinajstić information content (AvgIpc) is 2.46. The molecule has 0 saturated carbocycles. The smallest absolute Gasteiger partial charge is 0.255 e. The highest BCUT2D eigenvalue weighted by atomic mass is 19.1. The third-order valence-electron chi connectivity index (χ3n) is 3.42. The molecular formula is C17H19FN2O. The van der Waals surface area contributed by atoms with Gasteiger partial charge in [-0.15, -0.1) is 0 Å². The van der Waals surface area contributed by atoms with E-state index in [0.29, 0.717) is 0 Å². The molecule has 0 saturated heterocycles. The molecule has 110 valence electrons. The fraction of sp³-hybridized carbons (Fsp3) is 0.235. The summed E-state index contributed by atoms with van der Waals surface area (Å²) in [5, 5.41) is 2.89. The summed E-state index contributed by atoms with van der Waals surface area (Å²) in [5.74, 6) is -0.864. The van der Waals surface area contributed by atoms with E-state index in [2.05, 4.69) is 5.32 Å². The molecular weight excluding hydrogens is 267 g/mol. The molecule has 0 bridgehead atoms. The van der Waals surface area contributed by atoms with Gasteiger partial charge in [-0.2, -0.15) is 0 Å². The number of carbonyl (C=O) groups is 1. The Morgan fingerprint density at radius 2 is 1.76 bits per heavy atom. The summed E-state index contributed by atoms with van der Waals surface area (Å²) in [6, 6.07) is 9.79. The van der Waals surface area contributed by atoms with Gasteiger partial charge in [0, 0.05) is 16.9 Å². The van der Waals surface area contributed by atoms with Crippen molar-refractivity contribution in [1.29, 1.82) is 0 Å². The quantitative estimate of drug-likeness (QED) is 0.840. The van der Waals surface area contributed by atoms with Crippen LogP contribution < -0.4 is 11.1 Å². The SMILES string of the molecule is CCc1cccc(CC)c1NC(=O)c1cc(N)cc(F)c1. The van der Waals surface area contributed by atoms with E-state index in [1.165, 1.54) is 18.2 Å². The fourth-order valence-corrected chi connectivity index (χ4v) is 2.33. The number of nitrogens with one attached hydrogen (secondary N) is 1. The average molecular weight is 286 g/mol. The summed E-state index contributed by atoms with van der Waals surface area (Å²) in [5.41, 5.74) is 8.98. The molecule has 3 N–H and O–H groups in total. The summed E-state index contributed by atoms with van der Waals surface area (Å²) >= 11 is 0. The number of anilines is 2. The molecule has 0 fully saturated rings. The lowest BCUT2D eigenvalue weighted by Gasteiger charge is -2.14. The second-order valence-corrected chi connectivity index (χ2v) is 4.89. The molecule has 0 aliphatic heterocycles. The lowest BCUT2D eigenvalue weighted by molar-refractivity contribution is 0.102. The lowest BCUT2D eigenvalue weighted by atomic mass is 10.0. The Hall–Kier alpha value is -2.36. The van der Waals surface area contributed by atoms with Crippen LogP contribution in [0.1, 0.15) is 35.3 Å². The molecule has 0 spiro atoms. The zero-order chi connectivity index (χ0) is 15.4. The highest BCUT2D eigenvalue weighted by Crippen LogP contribution is 2.23. The normalized spacial score (nSPS) is 10.4. The third-order valence-corrected chi connectivity index (χ3v) is 3.42. The maximum Gasteiger partial charge on any atom is 0.255 e. The summed E-state index contributed by atoms with van der Waals surface area (Å²) in [6.07, 6.45) is 1.63. The van der Waals surface area contributed by atoms with Gasteiger partial charge in [-0.05, 0) is 42.2 Å². The van der Waals surface area contributed by atoms with E-state index in [9.17, 15) is 9.18 Å². The van der Waals surface area contributed by atoms with Gasteiger partial charge in [0.25, 0.3) is 5.91 Å². The van der Waals surface area contributed by atoms with Crippen LogP contribution in [0.3, 0.4) is 0 Å². The molecule has 0 aliphatic carbocycles. The first-order valence-corrected chi connectivity index (χ1v) is 7.03. The van der Waals surface area contributed by atoms with Crippen molar-refractivity contribution in [3.8, 4) is 0 Å². The van der Waals surface area contributed by atoms with Crippen LogP contribution >= 0.6 is 0 Å². The minimum Gasteiger partial charge on any atom is -0.399 e. The Morgan fingerprint density at radius 1 is 1.14 bits per heavy atom. The molecule has 2 aromatic carbocycles. The number of carbonyl (C=O) groups excluding carboxylic acids is 1. The van der Waals surface area contributed by atoms with E-state index >= 15 is 0 Å². The van der Waals surface area contributed by atoms with Crippen LogP contribution in [0.2, 0.25) is 0 Å². The fourth-order valence-electron chi connectivity index (χ4n) is 2.33. The Labute approximate surface area is 124 Å². The maximum absolute atomic E-state index is 13.4. The Kier molecular flexibility index (Phi) is 4.58. The number of nitrogen functional groups attached to an aromatic ring is 1. The van der Waals surface area contributed by atoms with E-state index in [1.54, 1.807) is 0 Å². The molecule has 0 radical (unpaired) electrons. The number of amides is 1. The molecule has 0 aliphatic rings. The predicted octanol–water partition coefficient (Wildman–Crippen LogP) is 3.79. The number of nitrogens with two attached hydrogens (primary N) is 1. The van der Waals surface area contributed by atoms with Gasteiger partial charge in [-0.3, -0.25) is 4.79 Å². The third kappa shape index (κ3) is 3.40. The molecule has 0 atom stereocenters. The molecule has 21 heavy (non-hydrogen) atoms. The van der Waals surface area contributed by atoms with Gasteiger partial charge in [0.05, 0.1) is 0 Å². The number of para-hydroxylation sites is 1. The van der Waals surface area contributed by atoms with Gasteiger partial charge >= 0.3 is 0 Å². The van der Waals surface area contributed by atoms with Crippen molar-refractivity contribution in [2.75, 3.05) is 11.1 Å². The number of aryl methyl sites for hydroxylation is 2. The molecule has 2 aromatic rings. The molecule has 1 amide bonds. The Bertz CT molecular complexity index is 625. The van der Waals surface area contributed by atoms with Crippen LogP contribution in [0.25, 0.3) is 0 Å². The minimum absolute atomic E-state index is 0.223. The second kappa shape index (κ2) is 6.39. The molecule has 0 unspecified atom stereocenters. The molecule has 3 nitrogen and oxygen atoms in total. The molecule has 0 heterocycles.